The standard InChI is InChI=1S/C20H18N2O6S/c1-3-28-15-7-4-11(8-16(15)27-2)9-17-18(24)22-20(29-17)21-14-6-5-12(23)10-13(14)19(25)26/h4-10,23H,3H2,1-2H3,(H,25,26)(H,21,22,24)/b17-9-. The van der Waals surface area contributed by atoms with Crippen LogP contribution >= 0.6 is 11.8 Å². The molecule has 0 radical (unpaired) electrons. The van der Waals surface area contributed by atoms with Crippen LogP contribution in [0.5, 0.6) is 17.2 Å². The van der Waals surface area contributed by atoms with Gasteiger partial charge in [-0.3, -0.25) is 4.79 Å². The molecule has 1 saturated heterocycles. The summed E-state index contributed by atoms with van der Waals surface area (Å²) in [7, 11) is 1.54. The molecule has 1 heterocycles. The van der Waals surface area contributed by atoms with E-state index in [1.165, 1.54) is 19.2 Å². The van der Waals surface area contributed by atoms with Crippen LogP contribution in [-0.2, 0) is 4.79 Å². The second kappa shape index (κ2) is 8.70. The molecule has 29 heavy (non-hydrogen) atoms. The molecule has 0 aliphatic carbocycles. The lowest BCUT2D eigenvalue weighted by Gasteiger charge is -2.09. The number of thioether (sulfide) groups is 1. The number of aromatic hydroxyl groups is 1. The highest BCUT2D eigenvalue weighted by Gasteiger charge is 2.25. The van der Waals surface area contributed by atoms with E-state index < -0.39 is 5.97 Å². The summed E-state index contributed by atoms with van der Waals surface area (Å²) >= 11 is 1.08. The van der Waals surface area contributed by atoms with E-state index in [2.05, 4.69) is 10.3 Å². The molecule has 2 aromatic carbocycles. The van der Waals surface area contributed by atoms with E-state index in [0.717, 1.165) is 23.4 Å². The molecule has 3 rings (SSSR count). The molecular formula is C20H18N2O6S. The van der Waals surface area contributed by atoms with Crippen LogP contribution in [0.3, 0.4) is 0 Å². The average Bonchev–Trinajstić information content (AvgIpc) is 3.03. The molecule has 9 heteroatoms. The van der Waals surface area contributed by atoms with Crippen LogP contribution in [0.2, 0.25) is 0 Å². The first kappa shape index (κ1) is 20.3. The van der Waals surface area contributed by atoms with Gasteiger partial charge in [0, 0.05) is 0 Å². The molecule has 0 unspecified atom stereocenters. The van der Waals surface area contributed by atoms with Gasteiger partial charge in [0.25, 0.3) is 5.91 Å². The maximum Gasteiger partial charge on any atom is 0.338 e. The zero-order valence-electron chi connectivity index (χ0n) is 15.6. The van der Waals surface area contributed by atoms with Gasteiger partial charge in [-0.2, -0.15) is 0 Å². The van der Waals surface area contributed by atoms with E-state index in [-0.39, 0.29) is 28.1 Å². The van der Waals surface area contributed by atoms with Crippen molar-refractivity contribution in [3.63, 3.8) is 0 Å². The lowest BCUT2D eigenvalue weighted by molar-refractivity contribution is -0.115. The molecule has 3 N–H and O–H groups in total. The summed E-state index contributed by atoms with van der Waals surface area (Å²) in [6.07, 6.45) is 1.68. The normalized spacial score (nSPS) is 16.1. The Labute approximate surface area is 170 Å². The first-order chi connectivity index (χ1) is 13.9. The predicted octanol–water partition coefficient (Wildman–Crippen LogP) is 3.39. The van der Waals surface area contributed by atoms with E-state index in [0.29, 0.717) is 23.0 Å². The number of nitrogens with one attached hydrogen (secondary N) is 1. The number of hydrogen-bond donors (Lipinski definition) is 3. The second-order valence-electron chi connectivity index (χ2n) is 5.83. The second-order valence-corrected chi connectivity index (χ2v) is 6.86. The van der Waals surface area contributed by atoms with Gasteiger partial charge in [-0.05, 0) is 60.7 Å². The Balaban J connectivity index is 1.87. The first-order valence-electron chi connectivity index (χ1n) is 8.58. The Morgan fingerprint density at radius 1 is 1.24 bits per heavy atom. The smallest absolute Gasteiger partial charge is 0.338 e. The van der Waals surface area contributed by atoms with Crippen molar-refractivity contribution in [2.75, 3.05) is 13.7 Å². The summed E-state index contributed by atoms with van der Waals surface area (Å²) < 4.78 is 10.8. The van der Waals surface area contributed by atoms with Crippen molar-refractivity contribution in [3.05, 3.63) is 52.4 Å². The van der Waals surface area contributed by atoms with Crippen molar-refractivity contribution < 1.29 is 29.3 Å². The van der Waals surface area contributed by atoms with E-state index in [9.17, 15) is 19.8 Å². The Hall–Kier alpha value is -3.46. The Bertz CT molecular complexity index is 1030. The SMILES string of the molecule is CCOc1ccc(/C=C2\SC(=Nc3ccc(O)cc3C(=O)O)NC2=O)cc1OC. The maximum atomic E-state index is 12.3. The number of aliphatic imine (C=N–C) groups is 1. The minimum atomic E-state index is -1.23. The van der Waals surface area contributed by atoms with E-state index in [1.807, 2.05) is 6.92 Å². The number of methoxy groups -OCH3 is 1. The van der Waals surface area contributed by atoms with Crippen LogP contribution in [0.4, 0.5) is 5.69 Å². The summed E-state index contributed by atoms with van der Waals surface area (Å²) in [5.41, 5.74) is 0.697. The van der Waals surface area contributed by atoms with Gasteiger partial charge >= 0.3 is 5.97 Å². The number of carbonyl (C=O) groups is 2. The number of amides is 1. The Kier molecular flexibility index (Phi) is 6.08. The first-order valence-corrected chi connectivity index (χ1v) is 9.39. The minimum Gasteiger partial charge on any atom is -0.508 e. The third kappa shape index (κ3) is 4.69. The van der Waals surface area contributed by atoms with Crippen molar-refractivity contribution >= 4 is 40.6 Å². The quantitative estimate of drug-likeness (QED) is 0.620. The molecule has 0 bridgehead atoms. The highest BCUT2D eigenvalue weighted by molar-refractivity contribution is 8.18. The average molecular weight is 414 g/mol. The third-order valence-electron chi connectivity index (χ3n) is 3.87. The van der Waals surface area contributed by atoms with E-state index >= 15 is 0 Å². The number of rotatable bonds is 6. The maximum absolute atomic E-state index is 12.3. The molecule has 1 fully saturated rings. The molecule has 2 aromatic rings. The number of amidine groups is 1. The fourth-order valence-electron chi connectivity index (χ4n) is 2.58. The number of nitrogens with zero attached hydrogens (tertiary/aromatic N) is 1. The highest BCUT2D eigenvalue weighted by Crippen LogP contribution is 2.33. The van der Waals surface area contributed by atoms with Gasteiger partial charge in [0.2, 0.25) is 0 Å². The van der Waals surface area contributed by atoms with E-state index in [1.54, 1.807) is 24.3 Å². The number of benzene rings is 2. The fraction of sp³-hybridized carbons (Fsp3) is 0.150. The number of carbonyl (C=O) groups excluding carboxylic acids is 1. The largest absolute Gasteiger partial charge is 0.508 e. The van der Waals surface area contributed by atoms with Gasteiger partial charge in [0.1, 0.15) is 5.75 Å². The van der Waals surface area contributed by atoms with Gasteiger partial charge in [0.05, 0.1) is 29.9 Å². The molecule has 8 nitrogen and oxygen atoms in total. The number of hydrogen-bond acceptors (Lipinski definition) is 7. The predicted molar refractivity (Wildman–Crippen MR) is 110 cm³/mol. The van der Waals surface area contributed by atoms with Crippen LogP contribution in [0.15, 0.2) is 46.3 Å². The van der Waals surface area contributed by atoms with Crippen molar-refractivity contribution in [3.8, 4) is 17.2 Å². The molecule has 0 saturated carbocycles. The van der Waals surface area contributed by atoms with Crippen LogP contribution in [0.25, 0.3) is 6.08 Å². The summed E-state index contributed by atoms with van der Waals surface area (Å²) in [5, 5.41) is 21.6. The van der Waals surface area contributed by atoms with Gasteiger partial charge < -0.3 is 25.0 Å². The van der Waals surface area contributed by atoms with Gasteiger partial charge in [-0.1, -0.05) is 6.07 Å². The number of phenolic OH excluding ortho intramolecular Hbond substituents is 1. The molecule has 1 amide bonds. The fourth-order valence-corrected chi connectivity index (χ4v) is 3.42. The zero-order valence-corrected chi connectivity index (χ0v) is 16.4. The van der Waals surface area contributed by atoms with Crippen molar-refractivity contribution in [1.29, 1.82) is 0 Å². The van der Waals surface area contributed by atoms with Crippen molar-refractivity contribution in [2.24, 2.45) is 4.99 Å². The van der Waals surface area contributed by atoms with Crippen LogP contribution in [0, 0.1) is 0 Å². The number of ether oxygens (including phenoxy) is 2. The molecule has 0 spiro atoms. The lowest BCUT2D eigenvalue weighted by atomic mass is 10.2. The van der Waals surface area contributed by atoms with Gasteiger partial charge in [0.15, 0.2) is 16.7 Å². The van der Waals surface area contributed by atoms with Crippen molar-refractivity contribution in [1.82, 2.24) is 5.32 Å². The highest BCUT2D eigenvalue weighted by atomic mass is 32.2. The lowest BCUT2D eigenvalue weighted by Crippen LogP contribution is -2.19. The topological polar surface area (TPSA) is 117 Å². The van der Waals surface area contributed by atoms with Gasteiger partial charge in [-0.25, -0.2) is 9.79 Å². The summed E-state index contributed by atoms with van der Waals surface area (Å²) in [6, 6.07) is 9.12. The molecule has 0 atom stereocenters. The van der Waals surface area contributed by atoms with Crippen LogP contribution < -0.4 is 14.8 Å². The number of phenols is 1. The molecule has 1 aliphatic rings. The Morgan fingerprint density at radius 2 is 2.03 bits per heavy atom. The monoisotopic (exact) mass is 414 g/mol. The third-order valence-corrected chi connectivity index (χ3v) is 4.78. The summed E-state index contributed by atoms with van der Waals surface area (Å²) in [4.78, 5) is 28.2. The number of carboxylic acids is 1. The summed E-state index contributed by atoms with van der Waals surface area (Å²) in [6.45, 7) is 2.38. The van der Waals surface area contributed by atoms with Crippen LogP contribution in [0.1, 0.15) is 22.8 Å². The Morgan fingerprint density at radius 3 is 2.72 bits per heavy atom. The molecule has 0 aromatic heterocycles. The number of carboxylic acid groups (broad SMARTS) is 1. The van der Waals surface area contributed by atoms with Gasteiger partial charge in [-0.15, -0.1) is 0 Å². The minimum absolute atomic E-state index is 0.127. The number of aromatic carboxylic acids is 1. The molecular weight excluding hydrogens is 396 g/mol. The zero-order chi connectivity index (χ0) is 21.0. The van der Waals surface area contributed by atoms with E-state index in [4.69, 9.17) is 9.47 Å². The molecule has 1 aliphatic heterocycles. The van der Waals surface area contributed by atoms with Crippen molar-refractivity contribution in [2.45, 2.75) is 6.92 Å². The summed E-state index contributed by atoms with van der Waals surface area (Å²) in [5.74, 6) is -0.603. The van der Waals surface area contributed by atoms with Crippen LogP contribution in [-0.4, -0.2) is 41.0 Å². The molecule has 150 valence electrons.